The summed E-state index contributed by atoms with van der Waals surface area (Å²) in [7, 11) is 0. The standard InChI is InChI=1S/C15H25NO2/c1-11(17)10-14-6-4-3-5-9-16(14)15(18)12(2)13-7-8-13/h12-14H,3-10H2,1-2H3. The Morgan fingerprint density at radius 2 is 1.89 bits per heavy atom. The number of likely N-dealkylation sites (tertiary alicyclic amines) is 1. The Morgan fingerprint density at radius 3 is 2.50 bits per heavy atom. The Hall–Kier alpha value is -0.860. The number of hydrogen-bond donors (Lipinski definition) is 0. The van der Waals surface area contributed by atoms with E-state index in [-0.39, 0.29) is 17.7 Å². The van der Waals surface area contributed by atoms with Crippen molar-refractivity contribution in [1.29, 1.82) is 0 Å². The quantitative estimate of drug-likeness (QED) is 0.770. The predicted molar refractivity (Wildman–Crippen MR) is 71.2 cm³/mol. The van der Waals surface area contributed by atoms with Crippen LogP contribution < -0.4 is 0 Å². The van der Waals surface area contributed by atoms with E-state index in [0.717, 1.165) is 25.8 Å². The molecule has 18 heavy (non-hydrogen) atoms. The Kier molecular flexibility index (Phi) is 4.41. The molecule has 0 N–H and O–H groups in total. The molecule has 0 spiro atoms. The Labute approximate surface area is 110 Å². The maximum atomic E-state index is 12.5. The maximum absolute atomic E-state index is 12.5. The summed E-state index contributed by atoms with van der Waals surface area (Å²) in [6.07, 6.45) is 7.40. The molecule has 1 aliphatic heterocycles. The van der Waals surface area contributed by atoms with Crippen LogP contribution in [-0.2, 0) is 9.59 Å². The van der Waals surface area contributed by atoms with Crippen LogP contribution in [0.4, 0.5) is 0 Å². The van der Waals surface area contributed by atoms with E-state index in [1.165, 1.54) is 19.3 Å². The van der Waals surface area contributed by atoms with Crippen molar-refractivity contribution in [2.75, 3.05) is 6.54 Å². The highest BCUT2D eigenvalue weighted by molar-refractivity contribution is 5.81. The lowest BCUT2D eigenvalue weighted by molar-refractivity contribution is -0.138. The van der Waals surface area contributed by atoms with Gasteiger partial charge in [-0.2, -0.15) is 0 Å². The van der Waals surface area contributed by atoms with Crippen LogP contribution in [0, 0.1) is 11.8 Å². The molecule has 2 rings (SSSR count). The summed E-state index contributed by atoms with van der Waals surface area (Å²) in [5, 5.41) is 0. The zero-order valence-corrected chi connectivity index (χ0v) is 11.7. The van der Waals surface area contributed by atoms with Crippen molar-refractivity contribution < 1.29 is 9.59 Å². The number of amides is 1. The van der Waals surface area contributed by atoms with Gasteiger partial charge in [-0.3, -0.25) is 9.59 Å². The molecular weight excluding hydrogens is 226 g/mol. The van der Waals surface area contributed by atoms with E-state index < -0.39 is 0 Å². The number of Topliss-reactive ketones (excluding diaryl/α,β-unsaturated/α-hetero) is 1. The lowest BCUT2D eigenvalue weighted by Gasteiger charge is -2.32. The molecule has 3 nitrogen and oxygen atoms in total. The van der Waals surface area contributed by atoms with Crippen LogP contribution in [0.2, 0.25) is 0 Å². The Bertz CT molecular complexity index is 322. The highest BCUT2D eigenvalue weighted by Gasteiger charge is 2.37. The first-order valence-corrected chi connectivity index (χ1v) is 7.39. The summed E-state index contributed by atoms with van der Waals surface area (Å²) in [5.74, 6) is 1.28. The molecule has 0 aromatic heterocycles. The Balaban J connectivity index is 2.03. The van der Waals surface area contributed by atoms with Crippen molar-refractivity contribution in [3.8, 4) is 0 Å². The molecule has 102 valence electrons. The summed E-state index contributed by atoms with van der Waals surface area (Å²) < 4.78 is 0. The normalized spacial score (nSPS) is 26.6. The molecule has 0 aromatic rings. The number of carbonyl (C=O) groups is 2. The molecule has 1 saturated heterocycles. The largest absolute Gasteiger partial charge is 0.339 e. The molecule has 3 heteroatoms. The fraction of sp³-hybridized carbons (Fsp3) is 0.867. The first kappa shape index (κ1) is 13.6. The fourth-order valence-corrected chi connectivity index (χ4v) is 3.07. The van der Waals surface area contributed by atoms with Crippen molar-refractivity contribution in [3.05, 3.63) is 0 Å². The zero-order valence-electron chi connectivity index (χ0n) is 11.7. The van der Waals surface area contributed by atoms with Gasteiger partial charge < -0.3 is 4.90 Å². The number of carbonyl (C=O) groups excluding carboxylic acids is 2. The van der Waals surface area contributed by atoms with Gasteiger partial charge in [-0.05, 0) is 38.5 Å². The monoisotopic (exact) mass is 251 g/mol. The molecule has 1 saturated carbocycles. The van der Waals surface area contributed by atoms with Crippen LogP contribution >= 0.6 is 0 Å². The summed E-state index contributed by atoms with van der Waals surface area (Å²) in [6.45, 7) is 4.56. The third-order valence-corrected chi connectivity index (χ3v) is 4.40. The van der Waals surface area contributed by atoms with E-state index in [0.29, 0.717) is 18.2 Å². The second kappa shape index (κ2) is 5.85. The van der Waals surface area contributed by atoms with Crippen LogP contribution in [0.5, 0.6) is 0 Å². The zero-order chi connectivity index (χ0) is 13.1. The third-order valence-electron chi connectivity index (χ3n) is 4.40. The molecular formula is C15H25NO2. The van der Waals surface area contributed by atoms with Crippen molar-refractivity contribution in [2.45, 2.75) is 64.8 Å². The molecule has 2 fully saturated rings. The third kappa shape index (κ3) is 3.33. The minimum atomic E-state index is 0.164. The van der Waals surface area contributed by atoms with Crippen LogP contribution in [0.3, 0.4) is 0 Å². The summed E-state index contributed by atoms with van der Waals surface area (Å²) in [6, 6.07) is 0.165. The number of hydrogen-bond acceptors (Lipinski definition) is 2. The number of nitrogens with zero attached hydrogens (tertiary/aromatic N) is 1. The average Bonchev–Trinajstić information content (AvgIpc) is 3.13. The van der Waals surface area contributed by atoms with Gasteiger partial charge in [-0.1, -0.05) is 19.8 Å². The lowest BCUT2D eigenvalue weighted by Crippen LogP contribution is -2.44. The topological polar surface area (TPSA) is 37.4 Å². The minimum absolute atomic E-state index is 0.164. The number of rotatable bonds is 4. The average molecular weight is 251 g/mol. The SMILES string of the molecule is CC(=O)CC1CCCCCN1C(=O)C(C)C1CC1. The second-order valence-corrected chi connectivity index (χ2v) is 6.07. The van der Waals surface area contributed by atoms with Gasteiger partial charge in [0.05, 0.1) is 0 Å². The number of ketones is 1. The van der Waals surface area contributed by atoms with E-state index in [2.05, 4.69) is 6.92 Å². The molecule has 0 aromatic carbocycles. The molecule has 1 amide bonds. The molecule has 2 aliphatic rings. The van der Waals surface area contributed by atoms with Crippen molar-refractivity contribution in [2.24, 2.45) is 11.8 Å². The molecule has 0 bridgehead atoms. The van der Waals surface area contributed by atoms with Crippen LogP contribution in [-0.4, -0.2) is 29.2 Å². The molecule has 2 unspecified atom stereocenters. The van der Waals surface area contributed by atoms with Crippen LogP contribution in [0.15, 0.2) is 0 Å². The predicted octanol–water partition coefficient (Wildman–Crippen LogP) is 2.78. The van der Waals surface area contributed by atoms with Gasteiger partial charge in [0, 0.05) is 24.9 Å². The smallest absolute Gasteiger partial charge is 0.225 e. The van der Waals surface area contributed by atoms with Crippen molar-refractivity contribution in [3.63, 3.8) is 0 Å². The van der Waals surface area contributed by atoms with Gasteiger partial charge in [0.1, 0.15) is 5.78 Å². The van der Waals surface area contributed by atoms with Gasteiger partial charge in [-0.25, -0.2) is 0 Å². The molecule has 1 aliphatic carbocycles. The second-order valence-electron chi connectivity index (χ2n) is 6.07. The minimum Gasteiger partial charge on any atom is -0.339 e. The molecule has 0 radical (unpaired) electrons. The first-order valence-electron chi connectivity index (χ1n) is 7.39. The fourth-order valence-electron chi connectivity index (χ4n) is 3.07. The van der Waals surface area contributed by atoms with Gasteiger partial charge in [0.25, 0.3) is 0 Å². The van der Waals surface area contributed by atoms with E-state index in [1.807, 2.05) is 4.90 Å². The van der Waals surface area contributed by atoms with Crippen molar-refractivity contribution in [1.82, 2.24) is 4.90 Å². The van der Waals surface area contributed by atoms with Crippen LogP contribution in [0.25, 0.3) is 0 Å². The Morgan fingerprint density at radius 1 is 1.17 bits per heavy atom. The van der Waals surface area contributed by atoms with E-state index in [1.54, 1.807) is 6.92 Å². The molecule has 1 heterocycles. The van der Waals surface area contributed by atoms with E-state index in [9.17, 15) is 9.59 Å². The summed E-state index contributed by atoms with van der Waals surface area (Å²) in [4.78, 5) is 25.9. The van der Waals surface area contributed by atoms with Gasteiger partial charge >= 0.3 is 0 Å². The summed E-state index contributed by atoms with van der Waals surface area (Å²) >= 11 is 0. The molecule has 2 atom stereocenters. The maximum Gasteiger partial charge on any atom is 0.225 e. The van der Waals surface area contributed by atoms with Gasteiger partial charge in [0.15, 0.2) is 0 Å². The van der Waals surface area contributed by atoms with Crippen molar-refractivity contribution >= 4 is 11.7 Å². The van der Waals surface area contributed by atoms with E-state index >= 15 is 0 Å². The lowest BCUT2D eigenvalue weighted by atomic mass is 10.00. The highest BCUT2D eigenvalue weighted by Crippen LogP contribution is 2.38. The van der Waals surface area contributed by atoms with E-state index in [4.69, 9.17) is 0 Å². The first-order chi connectivity index (χ1) is 8.59. The van der Waals surface area contributed by atoms with Gasteiger partial charge in [-0.15, -0.1) is 0 Å². The van der Waals surface area contributed by atoms with Gasteiger partial charge in [0.2, 0.25) is 5.91 Å². The summed E-state index contributed by atoms with van der Waals surface area (Å²) in [5.41, 5.74) is 0. The highest BCUT2D eigenvalue weighted by atomic mass is 16.2. The van der Waals surface area contributed by atoms with Crippen LogP contribution in [0.1, 0.15) is 58.8 Å².